The second kappa shape index (κ2) is 11.5. The molecule has 4 amide bonds. The molecule has 0 spiro atoms. The molecule has 1 saturated carbocycles. The molecule has 2 saturated heterocycles. The standard InChI is InChI=1S/C34H22Cl2F6N2O6/c35-33-12-18-15(8-9-16-20(18)30(48)43(29(16)47)11-10-13-4-6-14(45)7-5-13)21(17-2-1-3-19(37)28(17)46)34(33,36)32(50)44(31(33)49)27-25(41)23(39)22(38)24(40)26(27)42/h1-8,16,18,20-21,45-46H,9-12H2. The fraction of sp³-hybridized carbons (Fsp3) is 0.294. The lowest BCUT2D eigenvalue weighted by atomic mass is 9.56. The number of anilines is 1. The molecule has 3 fully saturated rings. The third-order valence-electron chi connectivity index (χ3n) is 10.2. The predicted octanol–water partition coefficient (Wildman–Crippen LogP) is 5.74. The number of phenolic OH excluding ortho intramolecular Hbond substituents is 2. The largest absolute Gasteiger partial charge is 0.508 e. The van der Waals surface area contributed by atoms with Crippen molar-refractivity contribution in [2.45, 2.75) is 34.9 Å². The van der Waals surface area contributed by atoms with Gasteiger partial charge in [-0.05, 0) is 48.9 Å². The molecule has 2 heterocycles. The Bertz CT molecular complexity index is 2050. The molecule has 6 unspecified atom stereocenters. The van der Waals surface area contributed by atoms with E-state index < -0.39 is 115 Å². The minimum Gasteiger partial charge on any atom is -0.508 e. The number of likely N-dealkylation sites (tertiary alicyclic amines) is 1. The number of aromatic hydroxyl groups is 2. The van der Waals surface area contributed by atoms with Crippen molar-refractivity contribution in [2.75, 3.05) is 11.4 Å². The van der Waals surface area contributed by atoms with Crippen LogP contribution in [-0.2, 0) is 25.6 Å². The zero-order valence-electron chi connectivity index (χ0n) is 25.2. The Labute approximate surface area is 288 Å². The molecule has 2 aliphatic carbocycles. The van der Waals surface area contributed by atoms with Crippen LogP contribution in [0.15, 0.2) is 54.1 Å². The first-order valence-corrected chi connectivity index (χ1v) is 15.9. The van der Waals surface area contributed by atoms with Crippen molar-refractivity contribution in [3.05, 3.63) is 100 Å². The molecule has 50 heavy (non-hydrogen) atoms. The van der Waals surface area contributed by atoms with Gasteiger partial charge in [0.05, 0.1) is 11.8 Å². The molecule has 0 bridgehead atoms. The van der Waals surface area contributed by atoms with E-state index in [-0.39, 0.29) is 35.6 Å². The molecule has 0 radical (unpaired) electrons. The molecule has 0 aromatic heterocycles. The summed E-state index contributed by atoms with van der Waals surface area (Å²) in [5.74, 6) is -24.8. The summed E-state index contributed by atoms with van der Waals surface area (Å²) in [4.78, 5) is 51.0. The van der Waals surface area contributed by atoms with Crippen molar-refractivity contribution in [3.8, 4) is 11.5 Å². The number of carbonyl (C=O) groups is 4. The molecule has 4 aliphatic rings. The Hall–Kier alpha value is -4.56. The van der Waals surface area contributed by atoms with Crippen LogP contribution < -0.4 is 4.90 Å². The van der Waals surface area contributed by atoms with Crippen LogP contribution >= 0.6 is 23.2 Å². The SMILES string of the molecule is O=C1C2CC=C3C(CC4(Cl)C(=O)N(c5c(F)c(F)c(F)c(F)c5F)C(=O)C4(Cl)C3c3cccc(F)c3O)C2C(=O)N1CCc1ccc(O)cc1. The molecule has 2 aliphatic heterocycles. The van der Waals surface area contributed by atoms with E-state index in [0.29, 0.717) is 5.56 Å². The first-order chi connectivity index (χ1) is 23.6. The van der Waals surface area contributed by atoms with E-state index in [0.717, 1.165) is 23.1 Å². The number of nitrogens with zero attached hydrogens (tertiary/aromatic N) is 2. The number of benzene rings is 3. The number of phenols is 2. The summed E-state index contributed by atoms with van der Waals surface area (Å²) in [6, 6.07) is 9.15. The Morgan fingerprint density at radius 2 is 1.40 bits per heavy atom. The highest BCUT2D eigenvalue weighted by Crippen LogP contribution is 2.66. The molecule has 2 N–H and O–H groups in total. The molecule has 3 aromatic rings. The lowest BCUT2D eigenvalue weighted by molar-refractivity contribution is -0.140. The number of amides is 4. The Kier molecular flexibility index (Phi) is 7.79. The van der Waals surface area contributed by atoms with E-state index in [2.05, 4.69) is 0 Å². The van der Waals surface area contributed by atoms with Crippen LogP contribution in [0.25, 0.3) is 0 Å². The summed E-state index contributed by atoms with van der Waals surface area (Å²) in [5, 5.41) is 20.5. The average Bonchev–Trinajstić information content (AvgIpc) is 3.42. The van der Waals surface area contributed by atoms with Crippen LogP contribution in [0.2, 0.25) is 0 Å². The van der Waals surface area contributed by atoms with Gasteiger partial charge in [0.15, 0.2) is 44.6 Å². The van der Waals surface area contributed by atoms with Crippen molar-refractivity contribution in [3.63, 3.8) is 0 Å². The molecular formula is C34H22Cl2F6N2O6. The topological polar surface area (TPSA) is 115 Å². The maximum atomic E-state index is 15.1. The van der Waals surface area contributed by atoms with Crippen LogP contribution in [0.1, 0.15) is 29.9 Å². The Balaban J connectivity index is 1.37. The first-order valence-electron chi connectivity index (χ1n) is 15.1. The van der Waals surface area contributed by atoms with Gasteiger partial charge in [0.1, 0.15) is 11.4 Å². The second-order valence-corrected chi connectivity index (χ2v) is 13.9. The van der Waals surface area contributed by atoms with Crippen molar-refractivity contribution in [1.82, 2.24) is 4.90 Å². The fourth-order valence-electron chi connectivity index (χ4n) is 7.87. The van der Waals surface area contributed by atoms with E-state index in [4.69, 9.17) is 23.2 Å². The number of rotatable bonds is 5. The van der Waals surface area contributed by atoms with Crippen LogP contribution in [0.5, 0.6) is 11.5 Å². The van der Waals surface area contributed by atoms with Gasteiger partial charge in [-0.3, -0.25) is 24.1 Å². The highest BCUT2D eigenvalue weighted by molar-refractivity contribution is 6.58. The first kappa shape index (κ1) is 33.9. The average molecular weight is 739 g/mol. The number of imide groups is 2. The summed E-state index contributed by atoms with van der Waals surface area (Å²) in [7, 11) is 0. The third kappa shape index (κ3) is 4.39. The molecular weight excluding hydrogens is 717 g/mol. The van der Waals surface area contributed by atoms with Gasteiger partial charge in [0.2, 0.25) is 17.6 Å². The van der Waals surface area contributed by atoms with Crippen molar-refractivity contribution >= 4 is 52.5 Å². The van der Waals surface area contributed by atoms with Crippen molar-refractivity contribution in [1.29, 1.82) is 0 Å². The number of carbonyl (C=O) groups excluding carboxylic acids is 4. The van der Waals surface area contributed by atoms with Gasteiger partial charge in [-0.2, -0.15) is 0 Å². The summed E-state index contributed by atoms with van der Waals surface area (Å²) >= 11 is 14.0. The van der Waals surface area contributed by atoms with Gasteiger partial charge in [0.25, 0.3) is 11.8 Å². The van der Waals surface area contributed by atoms with E-state index in [1.54, 1.807) is 12.1 Å². The molecule has 16 heteroatoms. The van der Waals surface area contributed by atoms with Gasteiger partial charge >= 0.3 is 0 Å². The maximum Gasteiger partial charge on any atom is 0.258 e. The zero-order valence-corrected chi connectivity index (χ0v) is 26.7. The van der Waals surface area contributed by atoms with E-state index in [1.165, 1.54) is 18.2 Å². The van der Waals surface area contributed by atoms with E-state index >= 15 is 8.78 Å². The molecule has 6 atom stereocenters. The van der Waals surface area contributed by atoms with Crippen molar-refractivity contribution < 1.29 is 55.7 Å². The number of hydrogen-bond acceptors (Lipinski definition) is 6. The van der Waals surface area contributed by atoms with Gasteiger partial charge in [-0.1, -0.05) is 35.9 Å². The number of allylic oxidation sites excluding steroid dienone is 2. The maximum absolute atomic E-state index is 15.1. The number of alkyl halides is 2. The van der Waals surface area contributed by atoms with E-state index in [9.17, 15) is 47.0 Å². The monoisotopic (exact) mass is 738 g/mol. The van der Waals surface area contributed by atoms with Crippen LogP contribution in [-0.4, -0.2) is 55.0 Å². The number of halogens is 8. The van der Waals surface area contributed by atoms with Gasteiger partial charge in [-0.15, -0.1) is 23.2 Å². The number of para-hydroxylation sites is 1. The Morgan fingerprint density at radius 1 is 0.780 bits per heavy atom. The highest BCUT2D eigenvalue weighted by Gasteiger charge is 2.77. The lowest BCUT2D eigenvalue weighted by Crippen LogP contribution is -2.60. The fourth-order valence-corrected chi connectivity index (χ4v) is 8.79. The predicted molar refractivity (Wildman–Crippen MR) is 163 cm³/mol. The highest BCUT2D eigenvalue weighted by atomic mass is 35.5. The number of fused-ring (bicyclic) bond motifs is 4. The van der Waals surface area contributed by atoms with Crippen molar-refractivity contribution in [2.24, 2.45) is 17.8 Å². The minimum atomic E-state index is -2.89. The molecule has 260 valence electrons. The van der Waals surface area contributed by atoms with Gasteiger partial charge in [-0.25, -0.2) is 31.2 Å². The molecule has 3 aromatic carbocycles. The van der Waals surface area contributed by atoms with Gasteiger partial charge in [0, 0.05) is 18.0 Å². The summed E-state index contributed by atoms with van der Waals surface area (Å²) in [6.07, 6.45) is 0.791. The smallest absolute Gasteiger partial charge is 0.258 e. The normalized spacial score (nSPS) is 28.9. The minimum absolute atomic E-state index is 0.00642. The molecule has 7 rings (SSSR count). The number of hydrogen-bond donors (Lipinski definition) is 2. The quantitative estimate of drug-likeness (QED) is 0.0863. The summed E-state index contributed by atoms with van der Waals surface area (Å²) < 4.78 is 87.8. The molecule has 8 nitrogen and oxygen atoms in total. The Morgan fingerprint density at radius 3 is 2.04 bits per heavy atom. The van der Waals surface area contributed by atoms with Gasteiger partial charge < -0.3 is 10.2 Å². The van der Waals surface area contributed by atoms with Crippen LogP contribution in [0, 0.1) is 52.7 Å². The second-order valence-electron chi connectivity index (χ2n) is 12.6. The summed E-state index contributed by atoms with van der Waals surface area (Å²) in [5.41, 5.74) is -1.62. The third-order valence-corrected chi connectivity index (χ3v) is 11.6. The van der Waals surface area contributed by atoms with E-state index in [1.807, 2.05) is 0 Å². The van der Waals surface area contributed by atoms with Crippen LogP contribution in [0.3, 0.4) is 0 Å². The lowest BCUT2D eigenvalue weighted by Gasteiger charge is -2.50. The zero-order chi connectivity index (χ0) is 36.2. The summed E-state index contributed by atoms with van der Waals surface area (Å²) in [6.45, 7) is -0.0808. The van der Waals surface area contributed by atoms with Crippen LogP contribution in [0.4, 0.5) is 32.0 Å².